The molecule has 1 heterocycles. The number of para-hydroxylation sites is 1. The van der Waals surface area contributed by atoms with Crippen LogP contribution in [0.4, 0.5) is 0 Å². The molecule has 0 radical (unpaired) electrons. The van der Waals surface area contributed by atoms with Crippen molar-refractivity contribution in [3.63, 3.8) is 0 Å². The first-order valence-corrected chi connectivity index (χ1v) is 12.9. The van der Waals surface area contributed by atoms with Gasteiger partial charge in [0.25, 0.3) is 5.56 Å². The first-order valence-electron chi connectivity index (χ1n) is 11.3. The molecule has 0 saturated carbocycles. The Hall–Kier alpha value is -2.87. The Morgan fingerprint density at radius 2 is 1.97 bits per heavy atom. The van der Waals surface area contributed by atoms with E-state index in [2.05, 4.69) is 21.0 Å². The van der Waals surface area contributed by atoms with Crippen LogP contribution in [0.2, 0.25) is 10.0 Å². The molecule has 0 spiro atoms. The second kappa shape index (κ2) is 11.5. The molecule has 0 saturated heterocycles. The largest absolute Gasteiger partial charge is 0.493 e. The van der Waals surface area contributed by atoms with Crippen molar-refractivity contribution in [2.45, 2.75) is 32.8 Å². The van der Waals surface area contributed by atoms with Crippen LogP contribution >= 0.6 is 39.1 Å². The van der Waals surface area contributed by atoms with E-state index in [0.717, 1.165) is 16.5 Å². The smallest absolute Gasteiger partial charge is 0.282 e. The van der Waals surface area contributed by atoms with Crippen molar-refractivity contribution in [1.29, 1.82) is 0 Å². The minimum atomic E-state index is -0.244. The maximum atomic E-state index is 13.4. The standard InChI is InChI=1S/C27H24BrCl2N3O3/c1-4-16(2)26-32-23-11-9-19(28)12-21(23)27(34)33(26)31-14-17-6-5-7-24(35-3)25(17)36-15-18-8-10-20(29)13-22(18)30/h5-14,16H,4,15H2,1-3H3/t16-/m1/s1. The number of halogens is 3. The highest BCUT2D eigenvalue weighted by atomic mass is 79.9. The van der Waals surface area contributed by atoms with Crippen LogP contribution in [0.15, 0.2) is 69.0 Å². The number of ether oxygens (including phenoxy) is 2. The van der Waals surface area contributed by atoms with Gasteiger partial charge in [0.05, 0.1) is 24.2 Å². The van der Waals surface area contributed by atoms with Gasteiger partial charge in [-0.3, -0.25) is 4.79 Å². The third-order valence-electron chi connectivity index (χ3n) is 5.82. The van der Waals surface area contributed by atoms with Gasteiger partial charge in [-0.05, 0) is 48.9 Å². The average Bonchev–Trinajstić information content (AvgIpc) is 2.87. The van der Waals surface area contributed by atoms with Crippen molar-refractivity contribution in [3.8, 4) is 11.5 Å². The van der Waals surface area contributed by atoms with Gasteiger partial charge in [-0.1, -0.05) is 65.1 Å². The van der Waals surface area contributed by atoms with E-state index in [9.17, 15) is 4.79 Å². The quantitative estimate of drug-likeness (QED) is 0.200. The second-order valence-corrected chi connectivity index (χ2v) is 9.96. The lowest BCUT2D eigenvalue weighted by molar-refractivity contribution is 0.284. The maximum absolute atomic E-state index is 13.4. The van der Waals surface area contributed by atoms with Crippen molar-refractivity contribution in [2.24, 2.45) is 5.10 Å². The fourth-order valence-corrected chi connectivity index (χ4v) is 4.46. The molecule has 1 aromatic heterocycles. The SMILES string of the molecule is CC[C@@H](C)c1nc2ccc(Br)cc2c(=O)n1N=Cc1cccc(OC)c1OCc1ccc(Cl)cc1Cl. The minimum Gasteiger partial charge on any atom is -0.493 e. The van der Waals surface area contributed by atoms with Gasteiger partial charge in [-0.2, -0.15) is 9.78 Å². The van der Waals surface area contributed by atoms with Gasteiger partial charge in [-0.25, -0.2) is 4.98 Å². The summed E-state index contributed by atoms with van der Waals surface area (Å²) in [5.41, 5.74) is 1.80. The van der Waals surface area contributed by atoms with Crippen LogP contribution in [-0.2, 0) is 6.61 Å². The highest BCUT2D eigenvalue weighted by molar-refractivity contribution is 9.10. The highest BCUT2D eigenvalue weighted by Gasteiger charge is 2.16. The van der Waals surface area contributed by atoms with Gasteiger partial charge in [-0.15, -0.1) is 0 Å². The first-order chi connectivity index (χ1) is 17.3. The lowest BCUT2D eigenvalue weighted by Gasteiger charge is -2.15. The summed E-state index contributed by atoms with van der Waals surface area (Å²) >= 11 is 15.8. The predicted octanol–water partition coefficient (Wildman–Crippen LogP) is 7.45. The third-order valence-corrected chi connectivity index (χ3v) is 6.90. The van der Waals surface area contributed by atoms with Crippen molar-refractivity contribution in [2.75, 3.05) is 7.11 Å². The van der Waals surface area contributed by atoms with Gasteiger partial charge in [0.1, 0.15) is 12.4 Å². The van der Waals surface area contributed by atoms with E-state index in [1.54, 1.807) is 37.6 Å². The second-order valence-electron chi connectivity index (χ2n) is 8.21. The maximum Gasteiger partial charge on any atom is 0.282 e. The molecule has 1 atom stereocenters. The van der Waals surface area contributed by atoms with Crippen LogP contribution in [0, 0.1) is 0 Å². The third kappa shape index (κ3) is 5.59. The van der Waals surface area contributed by atoms with Gasteiger partial charge in [0, 0.05) is 31.6 Å². The predicted molar refractivity (Wildman–Crippen MR) is 149 cm³/mol. The van der Waals surface area contributed by atoms with E-state index in [1.165, 1.54) is 4.68 Å². The highest BCUT2D eigenvalue weighted by Crippen LogP contribution is 2.32. The van der Waals surface area contributed by atoms with Crippen LogP contribution in [0.5, 0.6) is 11.5 Å². The number of fused-ring (bicyclic) bond motifs is 1. The molecule has 0 aliphatic carbocycles. The Kier molecular flexibility index (Phi) is 8.34. The fourth-order valence-electron chi connectivity index (χ4n) is 3.64. The molecular formula is C27H24BrCl2N3O3. The Labute approximate surface area is 227 Å². The monoisotopic (exact) mass is 587 g/mol. The van der Waals surface area contributed by atoms with Crippen molar-refractivity contribution >= 4 is 56.2 Å². The molecule has 36 heavy (non-hydrogen) atoms. The van der Waals surface area contributed by atoms with E-state index in [1.807, 2.05) is 44.2 Å². The summed E-state index contributed by atoms with van der Waals surface area (Å²) in [4.78, 5) is 18.2. The molecule has 0 N–H and O–H groups in total. The molecule has 4 aromatic rings. The number of hydrogen-bond acceptors (Lipinski definition) is 5. The lowest BCUT2D eigenvalue weighted by Crippen LogP contribution is -2.23. The molecule has 3 aromatic carbocycles. The summed E-state index contributed by atoms with van der Waals surface area (Å²) in [6.45, 7) is 4.27. The topological polar surface area (TPSA) is 65.7 Å². The van der Waals surface area contributed by atoms with Crippen molar-refractivity contribution < 1.29 is 9.47 Å². The van der Waals surface area contributed by atoms with Gasteiger partial charge in [0.2, 0.25) is 0 Å². The summed E-state index contributed by atoms with van der Waals surface area (Å²) in [6.07, 6.45) is 2.39. The number of methoxy groups -OCH3 is 1. The van der Waals surface area contributed by atoms with Crippen LogP contribution < -0.4 is 15.0 Å². The molecule has 0 bridgehead atoms. The fraction of sp³-hybridized carbons (Fsp3) is 0.222. The molecule has 186 valence electrons. The van der Waals surface area contributed by atoms with E-state index in [0.29, 0.717) is 43.8 Å². The van der Waals surface area contributed by atoms with Crippen LogP contribution in [0.1, 0.15) is 43.1 Å². The molecule has 0 aliphatic heterocycles. The van der Waals surface area contributed by atoms with E-state index in [-0.39, 0.29) is 18.1 Å². The molecule has 4 rings (SSSR count). The van der Waals surface area contributed by atoms with Gasteiger partial charge >= 0.3 is 0 Å². The Bertz CT molecular complexity index is 1500. The van der Waals surface area contributed by atoms with Crippen LogP contribution in [0.3, 0.4) is 0 Å². The molecule has 6 nitrogen and oxygen atoms in total. The van der Waals surface area contributed by atoms with E-state index < -0.39 is 0 Å². The van der Waals surface area contributed by atoms with Crippen molar-refractivity contribution in [3.05, 3.63) is 96.4 Å². The Balaban J connectivity index is 1.77. The lowest BCUT2D eigenvalue weighted by atomic mass is 10.1. The zero-order valence-corrected chi connectivity index (χ0v) is 23.1. The molecule has 0 fully saturated rings. The minimum absolute atomic E-state index is 0.0240. The van der Waals surface area contributed by atoms with E-state index >= 15 is 0 Å². The molecule has 0 unspecified atom stereocenters. The average molecular weight is 589 g/mol. The Morgan fingerprint density at radius 1 is 1.17 bits per heavy atom. The van der Waals surface area contributed by atoms with Gasteiger partial charge < -0.3 is 9.47 Å². The van der Waals surface area contributed by atoms with Crippen molar-refractivity contribution in [1.82, 2.24) is 9.66 Å². The Morgan fingerprint density at radius 3 is 2.69 bits per heavy atom. The number of aromatic nitrogens is 2. The van der Waals surface area contributed by atoms with Crippen LogP contribution in [0.25, 0.3) is 10.9 Å². The van der Waals surface area contributed by atoms with Crippen LogP contribution in [-0.4, -0.2) is 23.0 Å². The van der Waals surface area contributed by atoms with E-state index in [4.69, 9.17) is 37.7 Å². The normalized spacial score (nSPS) is 12.3. The van der Waals surface area contributed by atoms with Gasteiger partial charge in [0.15, 0.2) is 11.5 Å². The zero-order valence-electron chi connectivity index (χ0n) is 20.0. The number of hydrogen-bond donors (Lipinski definition) is 0. The summed E-state index contributed by atoms with van der Waals surface area (Å²) in [7, 11) is 1.56. The number of rotatable bonds is 8. The molecular weight excluding hydrogens is 565 g/mol. The zero-order chi connectivity index (χ0) is 25.8. The number of benzene rings is 3. The molecule has 0 amide bonds. The summed E-state index contributed by atoms with van der Waals surface area (Å²) in [5.74, 6) is 1.62. The summed E-state index contributed by atoms with van der Waals surface area (Å²) in [5, 5.41) is 6.10. The molecule has 9 heteroatoms. The summed E-state index contributed by atoms with van der Waals surface area (Å²) < 4.78 is 13.8. The summed E-state index contributed by atoms with van der Waals surface area (Å²) in [6, 6.07) is 16.1. The number of nitrogens with zero attached hydrogens (tertiary/aromatic N) is 3. The molecule has 0 aliphatic rings. The first kappa shape index (κ1) is 26.2.